The van der Waals surface area contributed by atoms with Gasteiger partial charge in [0.05, 0.1) is 0 Å². The number of nitrogens with two attached hydrogens (primary N) is 1. The van der Waals surface area contributed by atoms with Crippen LogP contribution in [-0.4, -0.2) is 6.04 Å². The molecule has 2 N–H and O–H groups in total. The quantitative estimate of drug-likeness (QED) is 0.660. The number of allylic oxidation sites excluding steroid dienone is 1. The lowest BCUT2D eigenvalue weighted by molar-refractivity contribution is 0.364. The fraction of sp³-hybridized carbons (Fsp3) is 0.889. The van der Waals surface area contributed by atoms with Crippen LogP contribution in [-0.2, 0) is 0 Å². The maximum absolute atomic E-state index is 6.40. The molecule has 1 aliphatic carbocycles. The molecule has 1 aliphatic rings. The lowest BCUT2D eigenvalue weighted by Gasteiger charge is -2.26. The van der Waals surface area contributed by atoms with Gasteiger partial charge in [-0.2, -0.15) is 0 Å². The van der Waals surface area contributed by atoms with Gasteiger partial charge in [-0.05, 0) is 55.8 Å². The van der Waals surface area contributed by atoms with Crippen LogP contribution in [0.4, 0.5) is 0 Å². The highest BCUT2D eigenvalue weighted by Gasteiger charge is 2.25. The third-order valence-corrected chi connectivity index (χ3v) is 4.95. The molecule has 0 aromatic rings. The van der Waals surface area contributed by atoms with E-state index in [0.29, 0.717) is 12.0 Å². The Hall–Kier alpha value is -0.300. The molecular weight excluding hydrogens is 230 g/mol. The van der Waals surface area contributed by atoms with Crippen molar-refractivity contribution in [2.24, 2.45) is 29.4 Å². The van der Waals surface area contributed by atoms with Gasteiger partial charge in [0.15, 0.2) is 0 Å². The van der Waals surface area contributed by atoms with E-state index in [-0.39, 0.29) is 0 Å². The first-order chi connectivity index (χ1) is 8.99. The molecule has 0 aromatic heterocycles. The maximum atomic E-state index is 6.40. The van der Waals surface area contributed by atoms with Crippen LogP contribution in [0.25, 0.3) is 0 Å². The second-order valence-electron chi connectivity index (χ2n) is 7.00. The summed E-state index contributed by atoms with van der Waals surface area (Å²) in [5, 5.41) is 0. The molecule has 4 unspecified atom stereocenters. The van der Waals surface area contributed by atoms with E-state index in [9.17, 15) is 0 Å². The summed E-state index contributed by atoms with van der Waals surface area (Å²) in [5.41, 5.74) is 8.08. The van der Waals surface area contributed by atoms with Crippen molar-refractivity contribution < 1.29 is 0 Å². The Bertz CT molecular complexity index is 279. The second-order valence-corrected chi connectivity index (χ2v) is 7.00. The molecule has 0 amide bonds. The molecule has 1 rings (SSSR count). The van der Waals surface area contributed by atoms with E-state index >= 15 is 0 Å². The van der Waals surface area contributed by atoms with Crippen molar-refractivity contribution in [3.8, 4) is 0 Å². The fourth-order valence-corrected chi connectivity index (χ4v) is 3.47. The summed E-state index contributed by atoms with van der Waals surface area (Å²) in [6.07, 6.45) is 10.2. The topological polar surface area (TPSA) is 26.0 Å². The van der Waals surface area contributed by atoms with Crippen LogP contribution in [0.3, 0.4) is 0 Å². The van der Waals surface area contributed by atoms with Gasteiger partial charge in [-0.15, -0.1) is 0 Å². The van der Waals surface area contributed by atoms with Crippen LogP contribution >= 0.6 is 0 Å². The van der Waals surface area contributed by atoms with Crippen molar-refractivity contribution in [1.82, 2.24) is 0 Å². The number of hydrogen-bond acceptors (Lipinski definition) is 1. The molecule has 0 aliphatic heterocycles. The predicted molar refractivity (Wildman–Crippen MR) is 86.1 cm³/mol. The summed E-state index contributed by atoms with van der Waals surface area (Å²) >= 11 is 0. The summed E-state index contributed by atoms with van der Waals surface area (Å²) in [4.78, 5) is 0. The van der Waals surface area contributed by atoms with Gasteiger partial charge >= 0.3 is 0 Å². The van der Waals surface area contributed by atoms with Gasteiger partial charge < -0.3 is 5.73 Å². The van der Waals surface area contributed by atoms with Gasteiger partial charge in [0.25, 0.3) is 0 Å². The van der Waals surface area contributed by atoms with Gasteiger partial charge in [0, 0.05) is 6.04 Å². The molecule has 0 aromatic carbocycles. The average molecular weight is 265 g/mol. The summed E-state index contributed by atoms with van der Waals surface area (Å²) < 4.78 is 0. The minimum atomic E-state index is 0.354. The third kappa shape index (κ3) is 4.95. The standard InChI is InChI=1S/C18H35N/c1-6-8-17(18(19)7-2)15-10-9-14(5)11-16(12-15)13(3)4/h12-14,16-18H,6-11,19H2,1-5H3. The van der Waals surface area contributed by atoms with E-state index in [2.05, 4.69) is 40.7 Å². The van der Waals surface area contributed by atoms with Crippen molar-refractivity contribution in [3.05, 3.63) is 11.6 Å². The van der Waals surface area contributed by atoms with Crippen molar-refractivity contribution in [3.63, 3.8) is 0 Å². The molecule has 1 heteroatoms. The number of hydrogen-bond donors (Lipinski definition) is 1. The molecule has 0 saturated heterocycles. The zero-order valence-corrected chi connectivity index (χ0v) is 13.8. The van der Waals surface area contributed by atoms with E-state index in [1.807, 2.05) is 0 Å². The van der Waals surface area contributed by atoms with Gasteiger partial charge in [-0.3, -0.25) is 0 Å². The summed E-state index contributed by atoms with van der Waals surface area (Å²) in [6, 6.07) is 0.354. The predicted octanol–water partition coefficient (Wildman–Crippen LogP) is 5.16. The van der Waals surface area contributed by atoms with Crippen LogP contribution in [0.15, 0.2) is 11.6 Å². The van der Waals surface area contributed by atoms with Crippen LogP contribution in [0.2, 0.25) is 0 Å². The smallest absolute Gasteiger partial charge is 0.0102 e. The van der Waals surface area contributed by atoms with Gasteiger partial charge in [-0.25, -0.2) is 0 Å². The molecule has 0 saturated carbocycles. The largest absolute Gasteiger partial charge is 0.327 e. The van der Waals surface area contributed by atoms with E-state index in [1.165, 1.54) is 32.1 Å². The highest BCUT2D eigenvalue weighted by atomic mass is 14.6. The molecule has 19 heavy (non-hydrogen) atoms. The van der Waals surface area contributed by atoms with Crippen LogP contribution in [0, 0.1) is 23.7 Å². The van der Waals surface area contributed by atoms with Crippen LogP contribution < -0.4 is 5.73 Å². The Kier molecular flexibility index (Phi) is 7.13. The lowest BCUT2D eigenvalue weighted by atomic mass is 9.82. The molecule has 0 bridgehead atoms. The Morgan fingerprint density at radius 3 is 2.53 bits per heavy atom. The number of rotatable bonds is 6. The zero-order valence-electron chi connectivity index (χ0n) is 13.8. The van der Waals surface area contributed by atoms with Crippen molar-refractivity contribution >= 4 is 0 Å². The van der Waals surface area contributed by atoms with Crippen LogP contribution in [0.1, 0.15) is 73.1 Å². The summed E-state index contributed by atoms with van der Waals surface area (Å²) in [7, 11) is 0. The normalized spacial score (nSPS) is 27.8. The molecule has 4 atom stereocenters. The Labute approximate surface area is 121 Å². The first-order valence-electron chi connectivity index (χ1n) is 8.45. The van der Waals surface area contributed by atoms with E-state index in [1.54, 1.807) is 5.57 Å². The van der Waals surface area contributed by atoms with Crippen molar-refractivity contribution in [1.29, 1.82) is 0 Å². The Morgan fingerprint density at radius 2 is 2.00 bits per heavy atom. The van der Waals surface area contributed by atoms with Crippen molar-refractivity contribution in [2.45, 2.75) is 79.2 Å². The molecule has 112 valence electrons. The molecule has 0 fully saturated rings. The first-order valence-corrected chi connectivity index (χ1v) is 8.45. The molecule has 0 spiro atoms. The first kappa shape index (κ1) is 16.8. The third-order valence-electron chi connectivity index (χ3n) is 4.95. The minimum absolute atomic E-state index is 0.354. The second kappa shape index (κ2) is 8.09. The molecule has 0 radical (unpaired) electrons. The highest BCUT2D eigenvalue weighted by molar-refractivity contribution is 5.13. The average Bonchev–Trinajstić information content (AvgIpc) is 2.57. The van der Waals surface area contributed by atoms with Gasteiger partial charge in [0.2, 0.25) is 0 Å². The lowest BCUT2D eigenvalue weighted by Crippen LogP contribution is -2.31. The van der Waals surface area contributed by atoms with Crippen LogP contribution in [0.5, 0.6) is 0 Å². The molecule has 0 heterocycles. The Balaban J connectivity index is 2.91. The van der Waals surface area contributed by atoms with Crippen molar-refractivity contribution in [2.75, 3.05) is 0 Å². The van der Waals surface area contributed by atoms with E-state index in [0.717, 1.165) is 24.2 Å². The van der Waals surface area contributed by atoms with Gasteiger partial charge in [-0.1, -0.05) is 52.7 Å². The van der Waals surface area contributed by atoms with Gasteiger partial charge in [0.1, 0.15) is 0 Å². The maximum Gasteiger partial charge on any atom is 0.0102 e. The fourth-order valence-electron chi connectivity index (χ4n) is 3.47. The molecule has 1 nitrogen and oxygen atoms in total. The zero-order chi connectivity index (χ0) is 14.4. The van der Waals surface area contributed by atoms with E-state index < -0.39 is 0 Å². The summed E-state index contributed by atoms with van der Waals surface area (Å²) in [6.45, 7) is 11.7. The van der Waals surface area contributed by atoms with E-state index in [4.69, 9.17) is 5.73 Å². The summed E-state index contributed by atoms with van der Waals surface area (Å²) in [5.74, 6) is 3.01. The highest BCUT2D eigenvalue weighted by Crippen LogP contribution is 2.36. The SMILES string of the molecule is CCCC(C1=CC(C(C)C)CC(C)CC1)C(N)CC. The Morgan fingerprint density at radius 1 is 1.32 bits per heavy atom. The molecular formula is C18H35N. The minimum Gasteiger partial charge on any atom is -0.327 e. The monoisotopic (exact) mass is 265 g/mol.